The Labute approximate surface area is 165 Å². The number of ether oxygens (including phenoxy) is 1. The highest BCUT2D eigenvalue weighted by atomic mass is 16.5. The van der Waals surface area contributed by atoms with E-state index in [1.165, 1.54) is 0 Å². The molecule has 140 valence electrons. The summed E-state index contributed by atoms with van der Waals surface area (Å²) in [4.78, 5) is 17.2. The zero-order valence-electron chi connectivity index (χ0n) is 15.9. The number of carbonyl (C=O) groups is 1. The second-order valence-electron chi connectivity index (χ2n) is 6.95. The molecule has 0 N–H and O–H groups in total. The van der Waals surface area contributed by atoms with Crippen LogP contribution in [-0.4, -0.2) is 18.3 Å². The van der Waals surface area contributed by atoms with Crippen molar-refractivity contribution >= 4 is 17.4 Å². The molecule has 28 heavy (non-hydrogen) atoms. The number of hydrogen-bond donors (Lipinski definition) is 0. The highest BCUT2D eigenvalue weighted by molar-refractivity contribution is 6.14. The van der Waals surface area contributed by atoms with Crippen LogP contribution >= 0.6 is 0 Å². The van der Waals surface area contributed by atoms with E-state index in [4.69, 9.17) is 9.73 Å². The van der Waals surface area contributed by atoms with Gasteiger partial charge in [-0.1, -0.05) is 78.9 Å². The average molecular weight is 369 g/mol. The Balaban J connectivity index is 1.73. The molecule has 3 nitrogen and oxygen atoms in total. The van der Waals surface area contributed by atoms with Crippen LogP contribution in [0, 0.1) is 5.92 Å². The van der Waals surface area contributed by atoms with Crippen molar-refractivity contribution in [2.24, 2.45) is 10.9 Å². The highest BCUT2D eigenvalue weighted by Crippen LogP contribution is 2.51. The van der Waals surface area contributed by atoms with Crippen LogP contribution in [0.5, 0.6) is 0 Å². The van der Waals surface area contributed by atoms with E-state index in [0.717, 1.165) is 34.5 Å². The topological polar surface area (TPSA) is 38.7 Å². The average Bonchev–Trinajstić information content (AvgIpc) is 3.55. The van der Waals surface area contributed by atoms with Gasteiger partial charge in [-0.3, -0.25) is 4.79 Å². The molecule has 0 spiro atoms. The lowest BCUT2D eigenvalue weighted by Crippen LogP contribution is -2.07. The molecule has 1 aliphatic rings. The maximum absolute atomic E-state index is 12.1. The lowest BCUT2D eigenvalue weighted by atomic mass is 10.0. The molecule has 1 saturated carbocycles. The first-order valence-electron chi connectivity index (χ1n) is 9.73. The molecule has 3 aromatic carbocycles. The summed E-state index contributed by atoms with van der Waals surface area (Å²) < 4.78 is 5.20. The van der Waals surface area contributed by atoms with Crippen molar-refractivity contribution in [3.05, 3.63) is 102 Å². The van der Waals surface area contributed by atoms with Crippen LogP contribution in [0.1, 0.15) is 36.0 Å². The van der Waals surface area contributed by atoms with Crippen LogP contribution in [-0.2, 0) is 9.53 Å². The van der Waals surface area contributed by atoms with E-state index < -0.39 is 0 Å². The lowest BCUT2D eigenvalue weighted by molar-refractivity contribution is -0.144. The van der Waals surface area contributed by atoms with E-state index in [1.807, 2.05) is 61.5 Å². The summed E-state index contributed by atoms with van der Waals surface area (Å²) in [7, 11) is 0. The third-order valence-corrected chi connectivity index (χ3v) is 5.04. The zero-order chi connectivity index (χ0) is 19.3. The quantitative estimate of drug-likeness (QED) is 0.424. The van der Waals surface area contributed by atoms with Gasteiger partial charge in [-0.2, -0.15) is 0 Å². The third-order valence-electron chi connectivity index (χ3n) is 5.04. The summed E-state index contributed by atoms with van der Waals surface area (Å²) in [6.07, 6.45) is 0.831. The van der Waals surface area contributed by atoms with Crippen LogP contribution in [0.3, 0.4) is 0 Å². The molecule has 3 aromatic rings. The Hall–Kier alpha value is -3.20. The number of esters is 1. The molecule has 4 rings (SSSR count). The van der Waals surface area contributed by atoms with Crippen molar-refractivity contribution in [2.45, 2.75) is 19.3 Å². The summed E-state index contributed by atoms with van der Waals surface area (Å²) in [5.74, 6) is 0.0395. The van der Waals surface area contributed by atoms with Gasteiger partial charge >= 0.3 is 5.97 Å². The number of benzene rings is 3. The summed E-state index contributed by atoms with van der Waals surface area (Å²) in [6, 6.07) is 28.5. The first-order valence-corrected chi connectivity index (χ1v) is 9.73. The van der Waals surface area contributed by atoms with E-state index >= 15 is 0 Å². The lowest BCUT2D eigenvalue weighted by Gasteiger charge is -2.10. The molecule has 0 heterocycles. The van der Waals surface area contributed by atoms with Gasteiger partial charge in [-0.05, 0) is 25.0 Å². The van der Waals surface area contributed by atoms with Crippen molar-refractivity contribution in [2.75, 3.05) is 6.61 Å². The van der Waals surface area contributed by atoms with Crippen molar-refractivity contribution in [3.8, 4) is 0 Å². The maximum atomic E-state index is 12.1. The Bertz CT molecular complexity index is 938. The van der Waals surface area contributed by atoms with Crippen molar-refractivity contribution < 1.29 is 9.53 Å². The first kappa shape index (κ1) is 18.2. The van der Waals surface area contributed by atoms with E-state index in [-0.39, 0.29) is 17.8 Å². The molecular weight excluding hydrogens is 346 g/mol. The van der Waals surface area contributed by atoms with E-state index in [2.05, 4.69) is 30.3 Å². The normalized spacial score (nSPS) is 17.6. The van der Waals surface area contributed by atoms with Gasteiger partial charge in [0.05, 0.1) is 23.9 Å². The van der Waals surface area contributed by atoms with Crippen molar-refractivity contribution in [1.82, 2.24) is 0 Å². The largest absolute Gasteiger partial charge is 0.466 e. The molecule has 1 fully saturated rings. The molecule has 1 aliphatic carbocycles. The Morgan fingerprint density at radius 1 is 0.893 bits per heavy atom. The summed E-state index contributed by atoms with van der Waals surface area (Å²) in [6.45, 7) is 2.27. The van der Waals surface area contributed by atoms with Gasteiger partial charge in [0.1, 0.15) is 0 Å². The van der Waals surface area contributed by atoms with Gasteiger partial charge in [0.2, 0.25) is 0 Å². The summed E-state index contributed by atoms with van der Waals surface area (Å²) in [5.41, 5.74) is 5.11. The number of para-hydroxylation sites is 1. The summed E-state index contributed by atoms with van der Waals surface area (Å²) >= 11 is 0. The Kier molecular flexibility index (Phi) is 5.34. The van der Waals surface area contributed by atoms with E-state index in [9.17, 15) is 4.79 Å². The summed E-state index contributed by atoms with van der Waals surface area (Å²) in [5, 5.41) is 0. The van der Waals surface area contributed by atoms with Crippen molar-refractivity contribution in [1.29, 1.82) is 0 Å². The van der Waals surface area contributed by atoms with E-state index in [1.54, 1.807) is 0 Å². The minimum atomic E-state index is -0.0994. The van der Waals surface area contributed by atoms with Gasteiger partial charge < -0.3 is 4.74 Å². The Morgan fingerprint density at radius 2 is 1.46 bits per heavy atom. The van der Waals surface area contributed by atoms with Crippen LogP contribution in [0.25, 0.3) is 0 Å². The Morgan fingerprint density at radius 3 is 2.07 bits per heavy atom. The van der Waals surface area contributed by atoms with Crippen molar-refractivity contribution in [3.63, 3.8) is 0 Å². The third kappa shape index (κ3) is 3.89. The molecule has 0 bridgehead atoms. The number of hydrogen-bond acceptors (Lipinski definition) is 3. The molecular formula is C25H23NO2. The molecule has 0 saturated heterocycles. The van der Waals surface area contributed by atoms with Crippen LogP contribution in [0.2, 0.25) is 0 Å². The van der Waals surface area contributed by atoms with E-state index in [0.29, 0.717) is 6.61 Å². The van der Waals surface area contributed by atoms with Crippen LogP contribution in [0.4, 0.5) is 5.69 Å². The number of carbonyl (C=O) groups excluding carboxylic acids is 1. The van der Waals surface area contributed by atoms with Gasteiger partial charge in [-0.15, -0.1) is 0 Å². The predicted molar refractivity (Wildman–Crippen MR) is 112 cm³/mol. The predicted octanol–water partition coefficient (Wildman–Crippen LogP) is 5.52. The van der Waals surface area contributed by atoms with Gasteiger partial charge in [0.25, 0.3) is 0 Å². The number of rotatable bonds is 6. The smallest absolute Gasteiger partial charge is 0.309 e. The SMILES string of the molecule is CCOC(=O)[C@H]1C[C@@H]1c1ccccc1N=C(c1ccccc1)c1ccccc1. The molecule has 0 aromatic heterocycles. The second kappa shape index (κ2) is 8.22. The van der Waals surface area contributed by atoms with Gasteiger partial charge in [-0.25, -0.2) is 4.99 Å². The fourth-order valence-corrected chi connectivity index (χ4v) is 3.56. The zero-order valence-corrected chi connectivity index (χ0v) is 15.9. The molecule has 0 unspecified atom stereocenters. The molecule has 2 atom stereocenters. The molecule has 0 radical (unpaired) electrons. The fourth-order valence-electron chi connectivity index (χ4n) is 3.56. The monoisotopic (exact) mass is 369 g/mol. The number of aliphatic imine (C=N–C) groups is 1. The van der Waals surface area contributed by atoms with Crippen LogP contribution < -0.4 is 0 Å². The second-order valence-corrected chi connectivity index (χ2v) is 6.95. The minimum Gasteiger partial charge on any atom is -0.466 e. The minimum absolute atomic E-state index is 0.0480. The van der Waals surface area contributed by atoms with Crippen LogP contribution in [0.15, 0.2) is 89.9 Å². The van der Waals surface area contributed by atoms with Gasteiger partial charge in [0, 0.05) is 17.0 Å². The fraction of sp³-hybridized carbons (Fsp3) is 0.200. The molecule has 3 heteroatoms. The maximum Gasteiger partial charge on any atom is 0.309 e. The number of nitrogens with zero attached hydrogens (tertiary/aromatic N) is 1. The highest BCUT2D eigenvalue weighted by Gasteiger charge is 2.46. The first-order chi connectivity index (χ1) is 13.8. The molecule has 0 aliphatic heterocycles. The molecule has 0 amide bonds. The standard InChI is InChI=1S/C25H23NO2/c1-2-28-25(27)22-17-21(22)20-15-9-10-16-23(20)26-24(18-11-5-3-6-12-18)19-13-7-4-8-14-19/h3-16,21-22H,2,17H2,1H3/t21-,22+/m1/s1. The van der Waals surface area contributed by atoms with Gasteiger partial charge in [0.15, 0.2) is 0 Å².